The van der Waals surface area contributed by atoms with Crippen LogP contribution in [0, 0.1) is 0 Å². The van der Waals surface area contributed by atoms with Crippen LogP contribution in [0.1, 0.15) is 24.3 Å². The monoisotopic (exact) mass is 330 g/mol. The number of hydrogen-bond donors (Lipinski definition) is 1. The number of esters is 1. The average molecular weight is 330 g/mol. The van der Waals surface area contributed by atoms with Crippen LogP contribution >= 0.6 is 11.3 Å². The Morgan fingerprint density at radius 3 is 2.76 bits per heavy atom. The number of methoxy groups -OCH3 is 1. The number of carbonyl (C=O) groups is 1. The van der Waals surface area contributed by atoms with Crippen molar-refractivity contribution >= 4 is 27.3 Å². The summed E-state index contributed by atoms with van der Waals surface area (Å²) in [4.78, 5) is 11.9. The molecule has 0 unspecified atom stereocenters. The summed E-state index contributed by atoms with van der Waals surface area (Å²) in [5.41, 5.74) is 0.0330. The van der Waals surface area contributed by atoms with Crippen LogP contribution in [0.15, 0.2) is 26.9 Å². The molecule has 114 valence electrons. The van der Waals surface area contributed by atoms with E-state index >= 15 is 0 Å². The molecule has 0 bridgehead atoms. The molecule has 0 aromatic carbocycles. The summed E-state index contributed by atoms with van der Waals surface area (Å²) in [5.74, 6) is -0.303. The number of thiophene rings is 1. The van der Waals surface area contributed by atoms with Gasteiger partial charge in [0.1, 0.15) is 4.21 Å². The molecule has 0 saturated carbocycles. The molecular weight excluding hydrogens is 316 g/mol. The summed E-state index contributed by atoms with van der Waals surface area (Å²) >= 11 is 1.03. The topological polar surface area (TPSA) is 98.5 Å². The Bertz CT molecular complexity index is 745. The molecule has 2 aromatic heterocycles. The number of carbonyl (C=O) groups excluding carboxylic acids is 1. The second-order valence-electron chi connectivity index (χ2n) is 4.46. The highest BCUT2D eigenvalue weighted by Crippen LogP contribution is 2.31. The number of rotatable bonds is 5. The van der Waals surface area contributed by atoms with Crippen LogP contribution in [0.3, 0.4) is 0 Å². The normalized spacial score (nSPS) is 11.8. The van der Waals surface area contributed by atoms with Crippen LogP contribution in [0.25, 0.3) is 10.6 Å². The number of ether oxygens (including phenoxy) is 1. The van der Waals surface area contributed by atoms with E-state index in [4.69, 9.17) is 4.52 Å². The second-order valence-corrected chi connectivity index (χ2v) is 7.49. The molecule has 0 saturated heterocycles. The molecule has 0 aliphatic carbocycles. The first-order valence-corrected chi connectivity index (χ1v) is 8.31. The lowest BCUT2D eigenvalue weighted by Crippen LogP contribution is -2.29. The zero-order valence-electron chi connectivity index (χ0n) is 11.6. The Morgan fingerprint density at radius 1 is 1.43 bits per heavy atom. The van der Waals surface area contributed by atoms with E-state index in [0.717, 1.165) is 11.3 Å². The van der Waals surface area contributed by atoms with Gasteiger partial charge in [-0.1, -0.05) is 5.16 Å². The largest absolute Gasteiger partial charge is 0.464 e. The van der Waals surface area contributed by atoms with Crippen molar-refractivity contribution in [2.24, 2.45) is 0 Å². The fourth-order valence-corrected chi connectivity index (χ4v) is 4.08. The Kier molecular flexibility index (Phi) is 4.45. The van der Waals surface area contributed by atoms with Gasteiger partial charge in [-0.2, -0.15) is 0 Å². The van der Waals surface area contributed by atoms with Crippen LogP contribution in [0.4, 0.5) is 0 Å². The third-order valence-corrected chi connectivity index (χ3v) is 5.63. The van der Waals surface area contributed by atoms with Crippen LogP contribution in [0.5, 0.6) is 0 Å². The zero-order valence-corrected chi connectivity index (χ0v) is 13.2. The van der Waals surface area contributed by atoms with Crippen LogP contribution < -0.4 is 4.72 Å². The molecular formula is C12H14N2O5S2. The van der Waals surface area contributed by atoms with E-state index in [9.17, 15) is 13.2 Å². The fourth-order valence-electron chi connectivity index (χ4n) is 1.56. The van der Waals surface area contributed by atoms with Gasteiger partial charge in [-0.3, -0.25) is 0 Å². The molecule has 7 nitrogen and oxygen atoms in total. The van der Waals surface area contributed by atoms with Gasteiger partial charge in [0.25, 0.3) is 0 Å². The molecule has 9 heteroatoms. The number of hydrogen-bond acceptors (Lipinski definition) is 7. The van der Waals surface area contributed by atoms with E-state index in [1.165, 1.54) is 19.2 Å². The summed E-state index contributed by atoms with van der Waals surface area (Å²) in [6.45, 7) is 3.48. The Balaban J connectivity index is 2.28. The quantitative estimate of drug-likeness (QED) is 0.840. The number of nitrogens with one attached hydrogen (secondary N) is 1. The SMILES string of the molecule is COC(=O)c1cc(-c2ccc(S(=O)(=O)NC(C)C)s2)on1. The van der Waals surface area contributed by atoms with E-state index in [1.54, 1.807) is 19.9 Å². The number of sulfonamides is 1. The molecule has 0 aliphatic rings. The molecule has 0 amide bonds. The maximum Gasteiger partial charge on any atom is 0.360 e. The maximum atomic E-state index is 12.0. The summed E-state index contributed by atoms with van der Waals surface area (Å²) in [6.07, 6.45) is 0. The number of nitrogens with zero attached hydrogens (tertiary/aromatic N) is 1. The lowest BCUT2D eigenvalue weighted by atomic mass is 10.3. The van der Waals surface area contributed by atoms with Crippen molar-refractivity contribution < 1.29 is 22.5 Å². The fraction of sp³-hybridized carbons (Fsp3) is 0.333. The minimum atomic E-state index is -3.55. The maximum absolute atomic E-state index is 12.0. The highest BCUT2D eigenvalue weighted by Gasteiger charge is 2.20. The molecule has 0 spiro atoms. The van der Waals surface area contributed by atoms with E-state index in [1.807, 2.05) is 0 Å². The van der Waals surface area contributed by atoms with Crippen LogP contribution in [0.2, 0.25) is 0 Å². The molecule has 2 aromatic rings. The van der Waals surface area contributed by atoms with Gasteiger partial charge in [0.2, 0.25) is 10.0 Å². The van der Waals surface area contributed by atoms with Gasteiger partial charge >= 0.3 is 5.97 Å². The second kappa shape index (κ2) is 5.96. The summed E-state index contributed by atoms with van der Waals surface area (Å²) in [7, 11) is -2.31. The first-order valence-electron chi connectivity index (χ1n) is 6.01. The van der Waals surface area contributed by atoms with E-state index < -0.39 is 16.0 Å². The van der Waals surface area contributed by atoms with Gasteiger partial charge in [0.05, 0.1) is 12.0 Å². The summed E-state index contributed by atoms with van der Waals surface area (Å²) in [6, 6.07) is 4.28. The molecule has 1 N–H and O–H groups in total. The predicted molar refractivity (Wildman–Crippen MR) is 76.6 cm³/mol. The van der Waals surface area contributed by atoms with Crippen molar-refractivity contribution in [2.75, 3.05) is 7.11 Å². The lowest BCUT2D eigenvalue weighted by Gasteiger charge is -2.06. The van der Waals surface area contributed by atoms with E-state index in [-0.39, 0.29) is 15.9 Å². The van der Waals surface area contributed by atoms with E-state index in [0.29, 0.717) is 10.6 Å². The Hall–Kier alpha value is -1.71. The highest BCUT2D eigenvalue weighted by molar-refractivity contribution is 7.91. The minimum absolute atomic E-state index is 0.0330. The number of aromatic nitrogens is 1. The molecule has 0 fully saturated rings. The van der Waals surface area contributed by atoms with Gasteiger partial charge in [-0.25, -0.2) is 17.9 Å². The van der Waals surface area contributed by atoms with Crippen molar-refractivity contribution in [3.63, 3.8) is 0 Å². The van der Waals surface area contributed by atoms with Crippen molar-refractivity contribution in [2.45, 2.75) is 24.1 Å². The molecule has 0 radical (unpaired) electrons. The highest BCUT2D eigenvalue weighted by atomic mass is 32.2. The Labute approximate surface area is 126 Å². The Morgan fingerprint density at radius 2 is 2.14 bits per heavy atom. The molecule has 21 heavy (non-hydrogen) atoms. The molecule has 0 atom stereocenters. The van der Waals surface area contributed by atoms with Crippen LogP contribution in [-0.2, 0) is 14.8 Å². The van der Waals surface area contributed by atoms with Crippen molar-refractivity contribution in [3.8, 4) is 10.6 Å². The van der Waals surface area contributed by atoms with Crippen LogP contribution in [-0.4, -0.2) is 32.7 Å². The molecule has 2 heterocycles. The van der Waals surface area contributed by atoms with Crippen molar-refractivity contribution in [3.05, 3.63) is 23.9 Å². The first-order chi connectivity index (χ1) is 9.83. The molecule has 0 aliphatic heterocycles. The zero-order chi connectivity index (χ0) is 15.6. The van der Waals surface area contributed by atoms with Gasteiger partial charge in [0.15, 0.2) is 11.5 Å². The third-order valence-electron chi connectivity index (χ3n) is 2.38. The minimum Gasteiger partial charge on any atom is -0.464 e. The summed E-state index contributed by atoms with van der Waals surface area (Å²) in [5, 5.41) is 3.58. The smallest absolute Gasteiger partial charge is 0.360 e. The van der Waals surface area contributed by atoms with Gasteiger partial charge in [-0.15, -0.1) is 11.3 Å². The van der Waals surface area contributed by atoms with Crippen molar-refractivity contribution in [1.29, 1.82) is 0 Å². The predicted octanol–water partition coefficient (Wildman–Crippen LogP) is 1.88. The van der Waals surface area contributed by atoms with Gasteiger partial charge in [-0.05, 0) is 26.0 Å². The lowest BCUT2D eigenvalue weighted by molar-refractivity contribution is 0.0589. The standard InChI is InChI=1S/C12H14N2O5S2/c1-7(2)14-21(16,17)11-5-4-10(20-11)9-6-8(13-19-9)12(15)18-3/h4-7,14H,1-3H3. The van der Waals surface area contributed by atoms with Gasteiger partial charge in [0, 0.05) is 12.1 Å². The van der Waals surface area contributed by atoms with Crippen molar-refractivity contribution in [1.82, 2.24) is 9.88 Å². The summed E-state index contributed by atoms with van der Waals surface area (Å²) < 4.78 is 36.3. The third kappa shape index (κ3) is 3.49. The average Bonchev–Trinajstić information content (AvgIpc) is 3.04. The molecule has 2 rings (SSSR count). The van der Waals surface area contributed by atoms with Gasteiger partial charge < -0.3 is 9.26 Å². The van der Waals surface area contributed by atoms with E-state index in [2.05, 4.69) is 14.6 Å². The first kappa shape index (κ1) is 15.7.